The van der Waals surface area contributed by atoms with Crippen molar-refractivity contribution in [2.75, 3.05) is 109 Å². The molecular formula is C103H143N12O19+. The monoisotopic (exact) mass is 1850 g/mol. The van der Waals surface area contributed by atoms with Crippen molar-refractivity contribution >= 4 is 75.3 Å². The van der Waals surface area contributed by atoms with Crippen LogP contribution in [0.5, 0.6) is 0 Å². The zero-order valence-corrected chi connectivity index (χ0v) is 80.9. The molecular weight excluding hydrogens is 1710 g/mol. The van der Waals surface area contributed by atoms with Crippen LogP contribution in [-0.2, 0) is 82.3 Å². The zero-order valence-electron chi connectivity index (χ0n) is 80.9. The molecule has 18 rings (SSSR count). The van der Waals surface area contributed by atoms with Crippen LogP contribution in [0, 0.1) is 36.5 Å². The molecule has 31 nitrogen and oxygen atoms in total. The minimum atomic E-state index is -2.17. The summed E-state index contributed by atoms with van der Waals surface area (Å²) in [5.74, 6) is -2.20. The van der Waals surface area contributed by atoms with Crippen LogP contribution in [0.4, 0.5) is 16.2 Å². The van der Waals surface area contributed by atoms with Crippen LogP contribution in [0.2, 0.25) is 0 Å². The van der Waals surface area contributed by atoms with Gasteiger partial charge in [-0.3, -0.25) is 34.0 Å². The summed E-state index contributed by atoms with van der Waals surface area (Å²) >= 11 is 0. The minimum Gasteiger partial charge on any atom is -0.480 e. The molecule has 2 aliphatic carbocycles. The number of anilines is 2. The van der Waals surface area contributed by atoms with Crippen LogP contribution in [0.1, 0.15) is 210 Å². The number of alkyl carbamates (subject to hydrolysis) is 1. The average molecular weight is 1850 g/mol. The lowest BCUT2D eigenvalue weighted by Gasteiger charge is -2.63. The number of aromatic nitrogens is 2. The summed E-state index contributed by atoms with van der Waals surface area (Å²) in [5, 5.41) is 105. The summed E-state index contributed by atoms with van der Waals surface area (Å²) in [6.07, 6.45) is 14.0. The van der Waals surface area contributed by atoms with Gasteiger partial charge >= 0.3 is 30.3 Å². The van der Waals surface area contributed by atoms with Crippen LogP contribution in [-0.4, -0.2) is 294 Å². The number of aliphatic carboxylic acids is 1. The molecule has 2 saturated carbocycles. The second-order valence-corrected chi connectivity index (χ2v) is 42.5. The second-order valence-electron chi connectivity index (χ2n) is 42.5. The van der Waals surface area contributed by atoms with Gasteiger partial charge in [-0.05, 0) is 246 Å². The third-order valence-corrected chi connectivity index (χ3v) is 33.0. The van der Waals surface area contributed by atoms with E-state index >= 15 is 0 Å². The van der Waals surface area contributed by atoms with E-state index in [0.29, 0.717) is 32.4 Å². The highest BCUT2D eigenvalue weighted by Gasteiger charge is 2.81. The van der Waals surface area contributed by atoms with Crippen molar-refractivity contribution in [3.63, 3.8) is 0 Å². The Morgan fingerprint density at radius 1 is 0.597 bits per heavy atom. The first-order chi connectivity index (χ1) is 63.3. The number of quaternary nitrogens is 1. The molecule has 4 saturated heterocycles. The number of carboxylic acid groups (broad SMARTS) is 1. The standard InChI is InChI=1S/C48H66N6O6.C45H61N5O5.C8H15NO4.2CO2/c1-7-45(58)26-31-25-44(5,38-33(15-20-53(27-31)28-45)32-13-9-10-14-36(32)51-38)34-24-35-37(23-29(34)3)52(6)41-47(35)17-21-54-19-11-16-46(8-2,40(47)54)42(56)48(41,59)43(57)50-18-12-22-60-39(55)30(4)49;1-7-42(54)23-29-22-41(5,36-31(14-18-49(25-29)26-42)30-12-9-10-13-34(30)47-36)32-21-33-35(20-27(32)3)48(6)38-44(33)16-19-50-17-11-15-43(8-2,37(44)50)39(52)45(38,55)40(53)46-24-28(4)51;1-5(6(10)11)9-7(12)13-8(2,3)4;2*2-1-3/h9-11,13-14,16,23-24,30-31,40-42,51,56,58-59H,7-8,12,15,17-22,25-28,49H2,1-6H3,(H,50,57);9-13,15,20-21,28-29,37-39,47,51-52,54-55H,7-8,14,16-19,22-26H2,1-6H3,(H,46,53);5H,1-4H3,(H,9,12)(H,10,11);;/p+1/t30?,31-,40?,41?,42+,44+,45?,46+,47?,48-;28?,29-,37?,38?,39+,41+,42?,43+,44?,45-;5-;;/m000../s1. The van der Waals surface area contributed by atoms with Gasteiger partial charge in [-0.25, -0.2) is 9.59 Å². The normalized spacial score (nSPS) is 34.4. The predicted molar refractivity (Wildman–Crippen MR) is 504 cm³/mol. The molecule has 12 heterocycles. The number of ether oxygens (including phenoxy) is 2. The predicted octanol–water partition coefficient (Wildman–Crippen LogP) is 6.78. The van der Waals surface area contributed by atoms with Gasteiger partial charge in [-0.1, -0.05) is 101 Å². The van der Waals surface area contributed by atoms with E-state index in [1.807, 2.05) is 14.1 Å². The number of carbonyl (C=O) groups excluding carboxylic acids is 8. The number of fused-ring (bicyclic) bond motifs is 12. The van der Waals surface area contributed by atoms with Crippen molar-refractivity contribution in [1.82, 2.24) is 45.5 Å². The lowest BCUT2D eigenvalue weighted by molar-refractivity contribution is -0.402. The number of amides is 3. The number of aromatic amines is 2. The molecule has 2 aromatic heterocycles. The summed E-state index contributed by atoms with van der Waals surface area (Å²) in [4.78, 5) is 117. The summed E-state index contributed by atoms with van der Waals surface area (Å²) < 4.78 is 10.2. The molecule has 6 aromatic rings. The number of esters is 1. The first-order valence-corrected chi connectivity index (χ1v) is 48.3. The maximum absolute atomic E-state index is 14.8. The van der Waals surface area contributed by atoms with Crippen molar-refractivity contribution in [1.29, 1.82) is 0 Å². The number of H-pyrrole nitrogens is 2. The fraction of sp³-hybridized carbons (Fsp3) is 0.621. The van der Waals surface area contributed by atoms with Gasteiger partial charge < -0.3 is 91.8 Å². The maximum Gasteiger partial charge on any atom is 0.408 e. The Morgan fingerprint density at radius 2 is 1.01 bits per heavy atom. The van der Waals surface area contributed by atoms with E-state index in [2.05, 4.69) is 214 Å². The molecule has 2 spiro atoms. The third-order valence-electron chi connectivity index (χ3n) is 33.0. The number of piperidine rings is 2. The molecule has 23 atom stereocenters. The number of nitrogens with one attached hydrogen (secondary N) is 5. The van der Waals surface area contributed by atoms with Crippen molar-refractivity contribution in [3.05, 3.63) is 153 Å². The molecule has 0 radical (unpaired) electrons. The van der Waals surface area contributed by atoms with E-state index in [4.69, 9.17) is 33.8 Å². The Kier molecular flexibility index (Phi) is 28.3. The molecule has 3 amide bonds. The Labute approximate surface area is 785 Å². The highest BCUT2D eigenvalue weighted by Crippen LogP contribution is 2.70. The summed E-state index contributed by atoms with van der Waals surface area (Å²) in [6.45, 7) is 35.8. The zero-order chi connectivity index (χ0) is 97.5. The number of hydrogen-bond donors (Lipinski definition) is 14. The van der Waals surface area contributed by atoms with Crippen molar-refractivity contribution in [3.8, 4) is 0 Å². The van der Waals surface area contributed by atoms with Gasteiger partial charge in [0.15, 0.2) is 17.2 Å². The number of para-hydroxylation sites is 2. The van der Waals surface area contributed by atoms with Gasteiger partial charge in [0.1, 0.15) is 23.9 Å². The van der Waals surface area contributed by atoms with Crippen LogP contribution in [0.25, 0.3) is 21.8 Å². The topological polar surface area (TPSA) is 449 Å². The fourth-order valence-corrected chi connectivity index (χ4v) is 27.7. The Bertz CT molecular complexity index is 5550. The van der Waals surface area contributed by atoms with Crippen LogP contribution >= 0.6 is 0 Å². The number of aliphatic hydroxyl groups excluding tert-OH is 3. The second kappa shape index (κ2) is 37.8. The number of nitrogens with zero attached hydrogens (tertiary/aromatic N) is 6. The van der Waals surface area contributed by atoms with Crippen molar-refractivity contribution in [2.45, 2.75) is 285 Å². The molecule has 6 fully saturated rings. The quantitative estimate of drug-likeness (QED) is 0.0254. The van der Waals surface area contributed by atoms with Gasteiger partial charge in [-0.2, -0.15) is 19.2 Å². The van der Waals surface area contributed by atoms with E-state index in [9.17, 15) is 59.7 Å². The first kappa shape index (κ1) is 100. The summed E-state index contributed by atoms with van der Waals surface area (Å²) in [7, 11) is 3.97. The molecule has 10 aliphatic heterocycles. The molecule has 4 aromatic carbocycles. The van der Waals surface area contributed by atoms with Gasteiger partial charge in [0.05, 0.1) is 36.0 Å². The molecule has 16 N–H and O–H groups in total. The van der Waals surface area contributed by atoms with E-state index in [0.717, 1.165) is 161 Å². The van der Waals surface area contributed by atoms with Crippen LogP contribution < -0.4 is 31.5 Å². The summed E-state index contributed by atoms with van der Waals surface area (Å²) in [5.41, 5.74) is 9.74. The lowest BCUT2D eigenvalue weighted by Crippen LogP contribution is -2.81. The molecule has 12 aliphatic rings. The number of benzene rings is 4. The van der Waals surface area contributed by atoms with Gasteiger partial charge in [0.2, 0.25) is 0 Å². The molecule has 31 heteroatoms. The highest BCUT2D eigenvalue weighted by atomic mass is 16.6. The molecule has 134 heavy (non-hydrogen) atoms. The number of carboxylic acids is 1. The maximum atomic E-state index is 14.8. The number of hydrogen-bond acceptors (Lipinski definition) is 24. The van der Waals surface area contributed by atoms with Crippen molar-refractivity contribution < 1.29 is 99.2 Å². The smallest absolute Gasteiger partial charge is 0.408 e. The van der Waals surface area contributed by atoms with Crippen LogP contribution in [0.15, 0.2) is 97.1 Å². The largest absolute Gasteiger partial charge is 0.480 e. The van der Waals surface area contributed by atoms with Gasteiger partial charge in [-0.15, -0.1) is 0 Å². The Balaban J connectivity index is 0.000000181. The minimum absolute atomic E-state index is 0.0189. The SMILES string of the molecule is CCC1(O)C[C@H]2CN(CCc3c([nH]c4ccccc34)[C@@](C)(c3cc4c(cc3C)N(C)C3C45CCN4CC=C[C@](CC)(C45)[C@@H](O)[C@]3(O)C(=O)NCC(C)O)C2)C1.CCC1(O)C[C@H]2CN(CCc3c([nH]c4ccccc34)[C@@](C)(c3cc4c(cc3C)N(C)C3C45CCN4CC=C[C@](CC)(C45)[C@@H](O)[C@]3(O)C(=O)NCCCOC(=O)C(C)[NH3+])C2)C1.C[C@H](NC(=O)OC(C)(C)C)C(=O)O.O=C=O.O=C=O. The summed E-state index contributed by atoms with van der Waals surface area (Å²) in [6, 6.07) is 23.5. The van der Waals surface area contributed by atoms with Crippen LogP contribution in [0.3, 0.4) is 0 Å². The fourth-order valence-electron chi connectivity index (χ4n) is 27.7. The number of aliphatic hydroxyl groups is 7. The number of carbonyl (C=O) groups is 5. The van der Waals surface area contributed by atoms with Gasteiger partial charge in [0.25, 0.3) is 11.8 Å². The first-order valence-electron chi connectivity index (χ1n) is 48.3. The highest BCUT2D eigenvalue weighted by molar-refractivity contribution is 5.93. The van der Waals surface area contributed by atoms with E-state index < -0.39 is 133 Å². The van der Waals surface area contributed by atoms with Crippen molar-refractivity contribution in [2.24, 2.45) is 22.7 Å². The van der Waals surface area contributed by atoms with E-state index in [1.165, 1.54) is 51.3 Å². The number of likely N-dealkylation sites (N-methyl/N-ethyl adjacent to an activating group) is 2. The van der Waals surface area contributed by atoms with E-state index in [1.54, 1.807) is 34.6 Å². The van der Waals surface area contributed by atoms with E-state index in [-0.39, 0.29) is 55.9 Å². The average Bonchev–Trinajstić information content (AvgIpc) is 1.48. The third kappa shape index (κ3) is 16.7. The van der Waals surface area contributed by atoms with Gasteiger partial charge in [0, 0.05) is 169 Å². The molecule has 4 bridgehead atoms. The number of aryl methyl sites for hydroxylation is 2. The molecule has 728 valence electrons. The molecule has 12 unspecified atom stereocenters. The Morgan fingerprint density at radius 3 is 1.40 bits per heavy atom. The number of rotatable bonds is 17. The Hall–Kier alpha value is -9.53. The lowest BCUT2D eigenvalue weighted by atomic mass is 9.47.